The molecular formula is C13H19NO2S. The maximum atomic E-state index is 11.3. The van der Waals surface area contributed by atoms with E-state index in [1.54, 1.807) is 0 Å². The van der Waals surface area contributed by atoms with Gasteiger partial charge in [0.15, 0.2) is 0 Å². The van der Waals surface area contributed by atoms with Gasteiger partial charge in [0.1, 0.15) is 0 Å². The van der Waals surface area contributed by atoms with Crippen molar-refractivity contribution in [3.05, 3.63) is 23.8 Å². The molecule has 0 aliphatic heterocycles. The zero-order valence-electron chi connectivity index (χ0n) is 10.5. The summed E-state index contributed by atoms with van der Waals surface area (Å²) in [7, 11) is 0. The van der Waals surface area contributed by atoms with Crippen LogP contribution in [0.1, 0.15) is 37.0 Å². The van der Waals surface area contributed by atoms with Crippen LogP contribution in [-0.4, -0.2) is 23.4 Å². The first-order valence-electron chi connectivity index (χ1n) is 5.80. The van der Waals surface area contributed by atoms with Gasteiger partial charge in [-0.05, 0) is 31.2 Å². The van der Waals surface area contributed by atoms with Crippen LogP contribution < -0.4 is 5.32 Å². The molecule has 0 atom stereocenters. The van der Waals surface area contributed by atoms with Crippen LogP contribution in [0.2, 0.25) is 0 Å². The fourth-order valence-electron chi connectivity index (χ4n) is 1.75. The van der Waals surface area contributed by atoms with E-state index in [0.29, 0.717) is 11.6 Å². The smallest absolute Gasteiger partial charge is 0.338 e. The molecule has 1 aromatic carbocycles. The first-order chi connectivity index (χ1) is 8.13. The largest absolute Gasteiger partial charge is 0.478 e. The van der Waals surface area contributed by atoms with Crippen LogP contribution >= 0.6 is 11.8 Å². The van der Waals surface area contributed by atoms with Gasteiger partial charge in [0.05, 0.1) is 11.3 Å². The lowest BCUT2D eigenvalue weighted by molar-refractivity contribution is 0.0694. The molecule has 1 aromatic rings. The van der Waals surface area contributed by atoms with Crippen molar-refractivity contribution in [3.8, 4) is 0 Å². The molecule has 0 amide bonds. The third kappa shape index (κ3) is 3.40. The maximum absolute atomic E-state index is 11.3. The van der Waals surface area contributed by atoms with E-state index in [1.807, 2.05) is 24.5 Å². The Morgan fingerprint density at radius 1 is 1.41 bits per heavy atom. The Kier molecular flexibility index (Phi) is 5.35. The van der Waals surface area contributed by atoms with Crippen LogP contribution in [0, 0.1) is 0 Å². The van der Waals surface area contributed by atoms with Crippen molar-refractivity contribution in [2.24, 2.45) is 0 Å². The Bertz CT molecular complexity index is 389. The van der Waals surface area contributed by atoms with Crippen LogP contribution in [-0.2, 0) is 0 Å². The van der Waals surface area contributed by atoms with E-state index in [4.69, 9.17) is 0 Å². The van der Waals surface area contributed by atoms with E-state index in [1.165, 1.54) is 11.8 Å². The fourth-order valence-corrected chi connectivity index (χ4v) is 2.37. The van der Waals surface area contributed by atoms with Crippen LogP contribution in [0.25, 0.3) is 0 Å². The van der Waals surface area contributed by atoms with Gasteiger partial charge in [-0.15, -0.1) is 11.8 Å². The molecule has 0 bridgehead atoms. The monoisotopic (exact) mass is 253 g/mol. The Morgan fingerprint density at radius 3 is 2.53 bits per heavy atom. The molecular weight excluding hydrogens is 234 g/mol. The molecule has 0 fully saturated rings. The molecule has 4 heteroatoms. The average molecular weight is 253 g/mol. The molecule has 0 aliphatic carbocycles. The van der Waals surface area contributed by atoms with E-state index in [0.717, 1.165) is 23.4 Å². The number of aromatic carboxylic acids is 1. The second-order valence-electron chi connectivity index (χ2n) is 3.85. The Morgan fingerprint density at radius 2 is 2.06 bits per heavy atom. The van der Waals surface area contributed by atoms with Gasteiger partial charge in [-0.3, -0.25) is 0 Å². The van der Waals surface area contributed by atoms with Crippen molar-refractivity contribution in [2.45, 2.75) is 37.6 Å². The van der Waals surface area contributed by atoms with Crippen LogP contribution in [0.4, 0.5) is 5.69 Å². The Hall–Kier alpha value is -1.16. The highest BCUT2D eigenvalue weighted by Crippen LogP contribution is 2.28. The number of carbonyl (C=O) groups is 1. The molecule has 0 heterocycles. The normalized spacial score (nSPS) is 10.6. The van der Waals surface area contributed by atoms with E-state index >= 15 is 0 Å². The lowest BCUT2D eigenvalue weighted by atomic mass is 10.1. The zero-order chi connectivity index (χ0) is 12.8. The third-order valence-corrected chi connectivity index (χ3v) is 3.59. The van der Waals surface area contributed by atoms with Crippen LogP contribution in [0.3, 0.4) is 0 Å². The lowest BCUT2D eigenvalue weighted by Gasteiger charge is -2.19. The van der Waals surface area contributed by atoms with Gasteiger partial charge in [0.2, 0.25) is 0 Å². The molecule has 94 valence electrons. The second kappa shape index (κ2) is 6.55. The Labute approximate surface area is 107 Å². The van der Waals surface area contributed by atoms with Crippen LogP contribution in [0.15, 0.2) is 23.1 Å². The third-order valence-electron chi connectivity index (χ3n) is 2.81. The first-order valence-corrected chi connectivity index (χ1v) is 7.03. The topological polar surface area (TPSA) is 49.3 Å². The van der Waals surface area contributed by atoms with Gasteiger partial charge in [0, 0.05) is 10.9 Å². The van der Waals surface area contributed by atoms with E-state index < -0.39 is 5.97 Å². The molecule has 0 spiro atoms. The predicted molar refractivity (Wildman–Crippen MR) is 73.2 cm³/mol. The van der Waals surface area contributed by atoms with Gasteiger partial charge in [-0.25, -0.2) is 4.79 Å². The molecule has 1 rings (SSSR count). The summed E-state index contributed by atoms with van der Waals surface area (Å²) in [4.78, 5) is 12.1. The number of hydrogen-bond donors (Lipinski definition) is 2. The number of benzene rings is 1. The van der Waals surface area contributed by atoms with E-state index in [2.05, 4.69) is 19.2 Å². The molecule has 0 saturated carbocycles. The lowest BCUT2D eigenvalue weighted by Crippen LogP contribution is -2.19. The van der Waals surface area contributed by atoms with E-state index in [-0.39, 0.29) is 0 Å². The van der Waals surface area contributed by atoms with Crippen molar-refractivity contribution in [1.29, 1.82) is 0 Å². The minimum absolute atomic E-state index is 0.324. The van der Waals surface area contributed by atoms with Gasteiger partial charge >= 0.3 is 5.97 Å². The molecule has 0 radical (unpaired) electrons. The van der Waals surface area contributed by atoms with Gasteiger partial charge in [0.25, 0.3) is 0 Å². The van der Waals surface area contributed by atoms with Crippen molar-refractivity contribution < 1.29 is 9.90 Å². The van der Waals surface area contributed by atoms with Crippen LogP contribution in [0.5, 0.6) is 0 Å². The summed E-state index contributed by atoms with van der Waals surface area (Å²) < 4.78 is 0. The number of anilines is 1. The summed E-state index contributed by atoms with van der Waals surface area (Å²) in [5.74, 6) is -0.872. The van der Waals surface area contributed by atoms with Gasteiger partial charge < -0.3 is 10.4 Å². The highest BCUT2D eigenvalue weighted by Gasteiger charge is 2.16. The van der Waals surface area contributed by atoms with Crippen molar-refractivity contribution in [1.82, 2.24) is 0 Å². The number of carboxylic acids is 1. The highest BCUT2D eigenvalue weighted by molar-refractivity contribution is 7.98. The summed E-state index contributed by atoms with van der Waals surface area (Å²) in [5.41, 5.74) is 1.10. The van der Waals surface area contributed by atoms with E-state index in [9.17, 15) is 9.90 Å². The highest BCUT2D eigenvalue weighted by atomic mass is 32.2. The van der Waals surface area contributed by atoms with Crippen molar-refractivity contribution >= 4 is 23.4 Å². The molecule has 0 aliphatic rings. The minimum Gasteiger partial charge on any atom is -0.478 e. The van der Waals surface area contributed by atoms with Gasteiger partial charge in [-0.1, -0.05) is 19.9 Å². The maximum Gasteiger partial charge on any atom is 0.338 e. The molecule has 0 unspecified atom stereocenters. The number of thioether (sulfide) groups is 1. The predicted octanol–water partition coefficient (Wildman–Crippen LogP) is 3.71. The molecule has 0 aromatic heterocycles. The quantitative estimate of drug-likeness (QED) is 0.759. The van der Waals surface area contributed by atoms with Crippen molar-refractivity contribution in [2.75, 3.05) is 11.6 Å². The SMILES string of the molecule is CCC(CC)Nc1cccc(SC)c1C(=O)O. The minimum atomic E-state index is -0.872. The summed E-state index contributed by atoms with van der Waals surface area (Å²) in [6, 6.07) is 5.89. The second-order valence-corrected chi connectivity index (χ2v) is 4.69. The summed E-state index contributed by atoms with van der Waals surface area (Å²) in [5, 5.41) is 12.6. The number of rotatable bonds is 6. The summed E-state index contributed by atoms with van der Waals surface area (Å²) in [6.07, 6.45) is 3.86. The standard InChI is InChI=1S/C13H19NO2S/c1-4-9(5-2)14-10-7-6-8-11(17-3)12(10)13(15)16/h6-9,14H,4-5H2,1-3H3,(H,15,16). The zero-order valence-corrected chi connectivity index (χ0v) is 11.3. The van der Waals surface area contributed by atoms with Crippen molar-refractivity contribution in [3.63, 3.8) is 0 Å². The molecule has 0 saturated heterocycles. The Balaban J connectivity index is 3.09. The fraction of sp³-hybridized carbons (Fsp3) is 0.462. The molecule has 17 heavy (non-hydrogen) atoms. The number of nitrogens with one attached hydrogen (secondary N) is 1. The number of hydrogen-bond acceptors (Lipinski definition) is 3. The molecule has 2 N–H and O–H groups in total. The first kappa shape index (κ1) is 13.9. The summed E-state index contributed by atoms with van der Waals surface area (Å²) in [6.45, 7) is 4.19. The molecule has 3 nitrogen and oxygen atoms in total. The van der Waals surface area contributed by atoms with Gasteiger partial charge in [-0.2, -0.15) is 0 Å². The average Bonchev–Trinajstić information content (AvgIpc) is 2.34. The number of carboxylic acid groups (broad SMARTS) is 1. The summed E-state index contributed by atoms with van der Waals surface area (Å²) >= 11 is 1.46.